The standard InChI is InChI=1S/C20H23FN8O/c21-13-2-1-3-14(9-13)26-20-25-11-12-8-16(19(28-22)29-23)18(10-17(12)27-20)30-15-4-6-24-7-5-15/h1-3,8-11,15,24H,4-7,22-23H2,(H,28,29)(H,25,26,27). The van der Waals surface area contributed by atoms with Crippen molar-refractivity contribution in [2.24, 2.45) is 16.8 Å². The molecule has 0 amide bonds. The van der Waals surface area contributed by atoms with E-state index >= 15 is 0 Å². The molecule has 2 aromatic carbocycles. The quantitative estimate of drug-likeness (QED) is 0.186. The third kappa shape index (κ3) is 4.39. The van der Waals surface area contributed by atoms with E-state index in [-0.39, 0.29) is 11.9 Å². The zero-order valence-corrected chi connectivity index (χ0v) is 16.2. The third-order valence-corrected chi connectivity index (χ3v) is 4.86. The summed E-state index contributed by atoms with van der Waals surface area (Å²) in [5, 5.41) is 10.8. The zero-order valence-electron chi connectivity index (χ0n) is 16.2. The Morgan fingerprint density at radius 2 is 2.07 bits per heavy atom. The normalized spacial score (nSPS) is 15.2. The number of halogens is 1. The molecule has 0 unspecified atom stereocenters. The number of hydrogen-bond acceptors (Lipinski definition) is 8. The van der Waals surface area contributed by atoms with Crippen LogP contribution in [-0.4, -0.2) is 35.0 Å². The summed E-state index contributed by atoms with van der Waals surface area (Å²) in [5.74, 6) is 12.0. The molecule has 0 spiro atoms. The molecule has 30 heavy (non-hydrogen) atoms. The summed E-state index contributed by atoms with van der Waals surface area (Å²) < 4.78 is 19.7. The maximum absolute atomic E-state index is 13.4. The number of anilines is 2. The highest BCUT2D eigenvalue weighted by Gasteiger charge is 2.19. The van der Waals surface area contributed by atoms with E-state index < -0.39 is 0 Å². The number of hydrogen-bond donors (Lipinski definition) is 5. The van der Waals surface area contributed by atoms with Crippen LogP contribution >= 0.6 is 0 Å². The number of nitrogens with zero attached hydrogens (tertiary/aromatic N) is 3. The minimum atomic E-state index is -0.342. The highest BCUT2D eigenvalue weighted by Crippen LogP contribution is 2.28. The van der Waals surface area contributed by atoms with Crippen molar-refractivity contribution in [1.29, 1.82) is 0 Å². The fourth-order valence-corrected chi connectivity index (χ4v) is 3.38. The average Bonchev–Trinajstić information content (AvgIpc) is 2.76. The monoisotopic (exact) mass is 410 g/mol. The van der Waals surface area contributed by atoms with Gasteiger partial charge >= 0.3 is 0 Å². The number of ether oxygens (including phenoxy) is 1. The summed E-state index contributed by atoms with van der Waals surface area (Å²) in [5.41, 5.74) is 4.34. The van der Waals surface area contributed by atoms with Gasteiger partial charge in [0.2, 0.25) is 5.95 Å². The SMILES string of the molecule is N/N=C(\NN)c1cc2cnc(Nc3cccc(F)c3)nc2cc1OC1CCNCC1. The van der Waals surface area contributed by atoms with E-state index in [2.05, 4.69) is 31.1 Å². The first-order chi connectivity index (χ1) is 14.7. The van der Waals surface area contributed by atoms with Crippen molar-refractivity contribution in [2.45, 2.75) is 18.9 Å². The lowest BCUT2D eigenvalue weighted by Gasteiger charge is -2.25. The Bertz CT molecular complexity index is 1070. The van der Waals surface area contributed by atoms with Gasteiger partial charge in [0.15, 0.2) is 5.84 Å². The Hall–Kier alpha value is -3.50. The Kier molecular flexibility index (Phi) is 5.87. The van der Waals surface area contributed by atoms with Crippen LogP contribution in [0.2, 0.25) is 0 Å². The minimum absolute atomic E-state index is 0.0611. The molecule has 0 saturated carbocycles. The van der Waals surface area contributed by atoms with Crippen molar-refractivity contribution in [3.63, 3.8) is 0 Å². The molecular formula is C20H23FN8O. The van der Waals surface area contributed by atoms with E-state index in [9.17, 15) is 4.39 Å². The van der Waals surface area contributed by atoms with E-state index in [0.717, 1.165) is 31.3 Å². The number of hydrazone groups is 1. The fraction of sp³-hybridized carbons (Fsp3) is 0.250. The first-order valence-electron chi connectivity index (χ1n) is 9.62. The summed E-state index contributed by atoms with van der Waals surface area (Å²) in [4.78, 5) is 8.86. The molecule has 1 saturated heterocycles. The molecule has 1 fully saturated rings. The van der Waals surface area contributed by atoms with Crippen LogP contribution in [0.15, 0.2) is 47.7 Å². The first-order valence-corrected chi connectivity index (χ1v) is 9.62. The lowest BCUT2D eigenvalue weighted by atomic mass is 10.1. The molecule has 10 heteroatoms. The Morgan fingerprint density at radius 3 is 2.80 bits per heavy atom. The zero-order chi connectivity index (χ0) is 20.9. The van der Waals surface area contributed by atoms with Crippen LogP contribution in [0.25, 0.3) is 10.9 Å². The van der Waals surface area contributed by atoms with Crippen LogP contribution in [0.4, 0.5) is 16.0 Å². The van der Waals surface area contributed by atoms with Crippen molar-refractivity contribution >= 4 is 28.4 Å². The van der Waals surface area contributed by atoms with Gasteiger partial charge in [-0.15, -0.1) is 0 Å². The summed E-state index contributed by atoms with van der Waals surface area (Å²) in [7, 11) is 0. The van der Waals surface area contributed by atoms with Crippen LogP contribution in [0, 0.1) is 5.82 Å². The van der Waals surface area contributed by atoms with Crippen molar-refractivity contribution in [3.8, 4) is 5.75 Å². The van der Waals surface area contributed by atoms with Gasteiger partial charge in [0, 0.05) is 23.3 Å². The van der Waals surface area contributed by atoms with Gasteiger partial charge in [-0.1, -0.05) is 6.07 Å². The molecular weight excluding hydrogens is 387 g/mol. The van der Waals surface area contributed by atoms with Crippen LogP contribution in [0.3, 0.4) is 0 Å². The summed E-state index contributed by atoms with van der Waals surface area (Å²) in [6.45, 7) is 1.79. The molecule has 0 radical (unpaired) electrons. The molecule has 0 aliphatic carbocycles. The largest absolute Gasteiger partial charge is 0.489 e. The summed E-state index contributed by atoms with van der Waals surface area (Å²) in [6.07, 6.45) is 3.50. The number of rotatable bonds is 5. The Balaban J connectivity index is 1.70. The lowest BCUT2D eigenvalue weighted by molar-refractivity contribution is 0.162. The maximum atomic E-state index is 13.4. The van der Waals surface area contributed by atoms with Crippen LogP contribution in [-0.2, 0) is 0 Å². The smallest absolute Gasteiger partial charge is 0.227 e. The number of piperidine rings is 1. The summed E-state index contributed by atoms with van der Waals surface area (Å²) >= 11 is 0. The van der Waals surface area contributed by atoms with Gasteiger partial charge < -0.3 is 26.6 Å². The van der Waals surface area contributed by atoms with Gasteiger partial charge in [-0.3, -0.25) is 0 Å². The van der Waals surface area contributed by atoms with E-state index in [1.807, 2.05) is 12.1 Å². The second-order valence-corrected chi connectivity index (χ2v) is 6.93. The van der Waals surface area contributed by atoms with Crippen molar-refractivity contribution in [2.75, 3.05) is 18.4 Å². The second-order valence-electron chi connectivity index (χ2n) is 6.93. The Morgan fingerprint density at radius 1 is 1.23 bits per heavy atom. The molecule has 9 nitrogen and oxygen atoms in total. The molecule has 4 rings (SSSR count). The number of benzene rings is 2. The topological polar surface area (TPSA) is 136 Å². The number of aromatic nitrogens is 2. The molecule has 1 aliphatic heterocycles. The predicted molar refractivity (Wildman–Crippen MR) is 114 cm³/mol. The Labute approximate surface area is 172 Å². The van der Waals surface area contributed by atoms with Gasteiger partial charge in [-0.25, -0.2) is 20.2 Å². The lowest BCUT2D eigenvalue weighted by Crippen LogP contribution is -2.35. The van der Waals surface area contributed by atoms with E-state index in [1.165, 1.54) is 12.1 Å². The van der Waals surface area contributed by atoms with Gasteiger partial charge in [-0.2, -0.15) is 5.10 Å². The number of nitrogens with two attached hydrogens (primary N) is 2. The van der Waals surface area contributed by atoms with E-state index in [0.29, 0.717) is 34.3 Å². The van der Waals surface area contributed by atoms with Gasteiger partial charge in [-0.05, 0) is 50.2 Å². The molecule has 1 aromatic heterocycles. The number of fused-ring (bicyclic) bond motifs is 1. The fourth-order valence-electron chi connectivity index (χ4n) is 3.38. The molecule has 0 atom stereocenters. The highest BCUT2D eigenvalue weighted by atomic mass is 19.1. The number of nitrogens with one attached hydrogen (secondary N) is 3. The van der Waals surface area contributed by atoms with Crippen molar-refractivity contribution in [1.82, 2.24) is 20.7 Å². The molecule has 2 heterocycles. The first kappa shape index (κ1) is 19.8. The van der Waals surface area contributed by atoms with Gasteiger partial charge in [0.1, 0.15) is 17.7 Å². The van der Waals surface area contributed by atoms with Gasteiger partial charge in [0.25, 0.3) is 0 Å². The van der Waals surface area contributed by atoms with E-state index in [1.54, 1.807) is 18.3 Å². The molecule has 0 bridgehead atoms. The molecule has 156 valence electrons. The van der Waals surface area contributed by atoms with Crippen molar-refractivity contribution in [3.05, 3.63) is 54.0 Å². The maximum Gasteiger partial charge on any atom is 0.227 e. The number of amidine groups is 1. The molecule has 3 aromatic rings. The van der Waals surface area contributed by atoms with Crippen molar-refractivity contribution < 1.29 is 9.13 Å². The molecule has 1 aliphatic rings. The average molecular weight is 410 g/mol. The predicted octanol–water partition coefficient (Wildman–Crippen LogP) is 1.73. The van der Waals surface area contributed by atoms with Crippen LogP contribution in [0.1, 0.15) is 18.4 Å². The van der Waals surface area contributed by atoms with E-state index in [4.69, 9.17) is 16.4 Å². The minimum Gasteiger partial charge on any atom is -0.489 e. The van der Waals surface area contributed by atoms with Crippen LogP contribution in [0.5, 0.6) is 5.75 Å². The van der Waals surface area contributed by atoms with Crippen LogP contribution < -0.4 is 32.5 Å². The number of hydrazine groups is 1. The molecule has 7 N–H and O–H groups in total. The summed E-state index contributed by atoms with van der Waals surface area (Å²) in [6, 6.07) is 9.74. The highest BCUT2D eigenvalue weighted by molar-refractivity contribution is 6.04. The van der Waals surface area contributed by atoms with Gasteiger partial charge in [0.05, 0.1) is 11.1 Å². The third-order valence-electron chi connectivity index (χ3n) is 4.86. The second kappa shape index (κ2) is 8.89.